The Kier molecular flexibility index (Phi) is 6.39. The normalized spacial score (nSPS) is 23.5. The number of aliphatic hydroxyl groups excluding tert-OH is 1. The lowest BCUT2D eigenvalue weighted by molar-refractivity contribution is 0.0361. The van der Waals surface area contributed by atoms with Gasteiger partial charge >= 0.3 is 6.09 Å². The molecule has 0 heterocycles. The molecule has 0 unspecified atom stereocenters. The lowest BCUT2D eigenvalue weighted by atomic mass is 9.86. The largest absolute Gasteiger partial charge is 0.444 e. The van der Waals surface area contributed by atoms with Crippen LogP contribution in [-0.4, -0.2) is 53.6 Å². The minimum atomic E-state index is -0.479. The number of aliphatic hydroxyl groups is 1. The van der Waals surface area contributed by atoms with Gasteiger partial charge in [0, 0.05) is 12.6 Å². The number of amides is 1. The van der Waals surface area contributed by atoms with E-state index >= 15 is 0 Å². The lowest BCUT2D eigenvalue weighted by Crippen LogP contribution is -2.53. The molecule has 0 aromatic carbocycles. The first kappa shape index (κ1) is 17.7. The van der Waals surface area contributed by atoms with Crippen molar-refractivity contribution < 1.29 is 14.6 Å². The summed E-state index contributed by atoms with van der Waals surface area (Å²) < 4.78 is 5.23. The second-order valence-electron chi connectivity index (χ2n) is 6.56. The zero-order valence-corrected chi connectivity index (χ0v) is 13.7. The van der Waals surface area contributed by atoms with Crippen molar-refractivity contribution in [1.82, 2.24) is 10.3 Å². The number of nitrogens with one attached hydrogen (secondary N) is 1. The van der Waals surface area contributed by atoms with Gasteiger partial charge in [-0.2, -0.15) is 5.11 Å². The van der Waals surface area contributed by atoms with E-state index in [9.17, 15) is 9.90 Å². The molecular weight excluding hydrogens is 272 g/mol. The minimum Gasteiger partial charge on any atom is -0.444 e. The van der Waals surface area contributed by atoms with E-state index < -0.39 is 5.60 Å². The summed E-state index contributed by atoms with van der Waals surface area (Å²) in [7, 11) is 1.63. The summed E-state index contributed by atoms with van der Waals surface area (Å²) in [6.07, 6.45) is 1.56. The number of ether oxygens (including phenoxy) is 1. The van der Waals surface area contributed by atoms with Crippen molar-refractivity contribution >= 4 is 6.09 Å². The van der Waals surface area contributed by atoms with Gasteiger partial charge in [-0.15, -0.1) is 0 Å². The van der Waals surface area contributed by atoms with Crippen molar-refractivity contribution in [2.24, 2.45) is 10.3 Å². The molecule has 0 spiro atoms. The topological polar surface area (TPSA) is 86.5 Å². The highest BCUT2D eigenvalue weighted by Gasteiger charge is 2.35. The van der Waals surface area contributed by atoms with Crippen molar-refractivity contribution in [3.8, 4) is 0 Å². The Morgan fingerprint density at radius 3 is 2.57 bits per heavy atom. The second kappa shape index (κ2) is 7.59. The monoisotopic (exact) mass is 300 g/mol. The number of alkyl carbamates (subject to hydrolysis) is 1. The third kappa shape index (κ3) is 6.75. The molecule has 0 radical (unpaired) electrons. The smallest absolute Gasteiger partial charge is 0.407 e. The van der Waals surface area contributed by atoms with Gasteiger partial charge in [0.15, 0.2) is 0 Å². The average molecular weight is 300 g/mol. The lowest BCUT2D eigenvalue weighted by Gasteiger charge is -2.41. The Balaban J connectivity index is 2.34. The molecule has 1 saturated carbocycles. The van der Waals surface area contributed by atoms with Crippen molar-refractivity contribution in [3.05, 3.63) is 0 Å². The van der Waals surface area contributed by atoms with Crippen LogP contribution in [0.5, 0.6) is 0 Å². The summed E-state index contributed by atoms with van der Waals surface area (Å²) in [5.41, 5.74) is -0.479. The third-order valence-electron chi connectivity index (χ3n) is 3.24. The molecule has 1 atom stereocenters. The van der Waals surface area contributed by atoms with Gasteiger partial charge in [0.25, 0.3) is 0 Å². The summed E-state index contributed by atoms with van der Waals surface area (Å²) in [4.78, 5) is 11.7. The SMILES string of the molecule is C/N=N\N(CC[C@@H](C)O)[C@H]1C[C@H](NC(=O)OC(C)(C)C)C1. The molecule has 1 rings (SSSR count). The fourth-order valence-electron chi connectivity index (χ4n) is 2.16. The van der Waals surface area contributed by atoms with Gasteiger partial charge in [-0.1, -0.05) is 5.22 Å². The van der Waals surface area contributed by atoms with Crippen LogP contribution in [0.2, 0.25) is 0 Å². The molecule has 0 aromatic heterocycles. The molecule has 1 aliphatic rings. The highest BCUT2D eigenvalue weighted by Crippen LogP contribution is 2.27. The second-order valence-corrected chi connectivity index (χ2v) is 6.56. The zero-order chi connectivity index (χ0) is 16.0. The van der Waals surface area contributed by atoms with E-state index in [1.807, 2.05) is 25.8 Å². The van der Waals surface area contributed by atoms with Crippen LogP contribution in [0.1, 0.15) is 47.0 Å². The van der Waals surface area contributed by atoms with E-state index in [0.29, 0.717) is 13.0 Å². The first-order valence-electron chi connectivity index (χ1n) is 7.45. The van der Waals surface area contributed by atoms with Gasteiger partial charge in [0.1, 0.15) is 5.60 Å². The van der Waals surface area contributed by atoms with Crippen molar-refractivity contribution in [2.75, 3.05) is 13.6 Å². The van der Waals surface area contributed by atoms with Crippen LogP contribution in [0.4, 0.5) is 4.79 Å². The highest BCUT2D eigenvalue weighted by molar-refractivity contribution is 5.68. The van der Waals surface area contributed by atoms with Gasteiger partial charge < -0.3 is 15.2 Å². The predicted octanol–water partition coefficient (Wildman–Crippen LogP) is 2.11. The zero-order valence-electron chi connectivity index (χ0n) is 13.7. The number of hydrogen-bond donors (Lipinski definition) is 2. The molecule has 122 valence electrons. The molecule has 7 nitrogen and oxygen atoms in total. The molecule has 21 heavy (non-hydrogen) atoms. The van der Waals surface area contributed by atoms with Crippen LogP contribution in [-0.2, 0) is 4.74 Å². The molecule has 7 heteroatoms. The minimum absolute atomic E-state index is 0.117. The maximum Gasteiger partial charge on any atom is 0.407 e. The number of nitrogens with zero attached hydrogens (tertiary/aromatic N) is 3. The van der Waals surface area contributed by atoms with Gasteiger partial charge in [-0.05, 0) is 47.0 Å². The molecule has 0 aromatic rings. The summed E-state index contributed by atoms with van der Waals surface area (Å²) in [6.45, 7) is 7.95. The Hall–Kier alpha value is -1.37. The van der Waals surface area contributed by atoms with Gasteiger partial charge in [0.2, 0.25) is 0 Å². The molecule has 1 fully saturated rings. The molecular formula is C14H28N4O3. The molecule has 0 saturated heterocycles. The Morgan fingerprint density at radius 1 is 1.48 bits per heavy atom. The summed E-state index contributed by atoms with van der Waals surface area (Å²) >= 11 is 0. The third-order valence-corrected chi connectivity index (χ3v) is 3.24. The first-order valence-corrected chi connectivity index (χ1v) is 7.45. The number of carbonyl (C=O) groups excluding carboxylic acids is 1. The summed E-state index contributed by atoms with van der Waals surface area (Å²) in [6, 6.07) is 0.373. The van der Waals surface area contributed by atoms with Crippen LogP contribution in [0.3, 0.4) is 0 Å². The number of carbonyl (C=O) groups is 1. The molecule has 1 aliphatic carbocycles. The summed E-state index contributed by atoms with van der Waals surface area (Å²) in [5.74, 6) is 0. The van der Waals surface area contributed by atoms with Crippen molar-refractivity contribution in [3.63, 3.8) is 0 Å². The first-order chi connectivity index (χ1) is 9.71. The molecule has 0 bridgehead atoms. The van der Waals surface area contributed by atoms with E-state index in [-0.39, 0.29) is 24.3 Å². The Morgan fingerprint density at radius 2 is 2.10 bits per heavy atom. The fraction of sp³-hybridized carbons (Fsp3) is 0.929. The maximum absolute atomic E-state index is 11.7. The Labute approximate surface area is 126 Å². The van der Waals surface area contributed by atoms with E-state index in [1.165, 1.54) is 0 Å². The Bertz CT molecular complexity index is 360. The fourth-order valence-corrected chi connectivity index (χ4v) is 2.16. The van der Waals surface area contributed by atoms with E-state index in [0.717, 1.165) is 12.8 Å². The van der Waals surface area contributed by atoms with Gasteiger partial charge in [0.05, 0.1) is 19.2 Å². The highest BCUT2D eigenvalue weighted by atomic mass is 16.6. The van der Waals surface area contributed by atoms with Crippen LogP contribution >= 0.6 is 0 Å². The van der Waals surface area contributed by atoms with Gasteiger partial charge in [-0.3, -0.25) is 5.01 Å². The van der Waals surface area contributed by atoms with E-state index in [2.05, 4.69) is 15.7 Å². The van der Waals surface area contributed by atoms with Crippen molar-refractivity contribution in [1.29, 1.82) is 0 Å². The van der Waals surface area contributed by atoms with Crippen LogP contribution < -0.4 is 5.32 Å². The molecule has 2 N–H and O–H groups in total. The number of hydrogen-bond acceptors (Lipinski definition) is 5. The molecule has 0 aliphatic heterocycles. The van der Waals surface area contributed by atoms with E-state index in [1.54, 1.807) is 14.0 Å². The maximum atomic E-state index is 11.7. The standard InChI is InChI=1S/C14H28N4O3/c1-10(19)6-7-18(17-15-5)12-8-11(9-12)16-13(20)21-14(2,3)4/h10-12,19H,6-9H2,1-5H3,(H,16,20)/b17-15-/t10-,11-,12-/m1/s1. The molecule has 1 amide bonds. The van der Waals surface area contributed by atoms with Crippen LogP contribution in [0.25, 0.3) is 0 Å². The van der Waals surface area contributed by atoms with Crippen molar-refractivity contribution in [2.45, 2.75) is 70.7 Å². The number of rotatable bonds is 6. The van der Waals surface area contributed by atoms with Crippen LogP contribution in [0, 0.1) is 0 Å². The average Bonchev–Trinajstić information content (AvgIpc) is 2.26. The van der Waals surface area contributed by atoms with Crippen LogP contribution in [0.15, 0.2) is 10.3 Å². The van der Waals surface area contributed by atoms with Gasteiger partial charge in [-0.25, -0.2) is 4.79 Å². The summed E-state index contributed by atoms with van der Waals surface area (Å²) in [5, 5.41) is 22.0. The predicted molar refractivity (Wildman–Crippen MR) is 80.0 cm³/mol. The van der Waals surface area contributed by atoms with E-state index in [4.69, 9.17) is 4.74 Å². The quantitative estimate of drug-likeness (QED) is 0.581.